The molecular weight excluding hydrogens is 204 g/mol. The predicted octanol–water partition coefficient (Wildman–Crippen LogP) is 2.33. The molecule has 14 heavy (non-hydrogen) atoms. The Kier molecular flexibility index (Phi) is 3.73. The minimum atomic E-state index is -0.419. The van der Waals surface area contributed by atoms with Gasteiger partial charge in [-0.2, -0.15) is 0 Å². The van der Waals surface area contributed by atoms with Gasteiger partial charge in [0, 0.05) is 10.7 Å². The molecule has 0 aliphatic rings. The Morgan fingerprint density at radius 1 is 1.50 bits per heavy atom. The Morgan fingerprint density at radius 3 is 2.79 bits per heavy atom. The van der Waals surface area contributed by atoms with Crippen molar-refractivity contribution in [3.63, 3.8) is 0 Å². The minimum Gasteiger partial charge on any atom is -0.306 e. The second kappa shape index (κ2) is 4.83. The maximum atomic E-state index is 11.1. The van der Waals surface area contributed by atoms with Crippen LogP contribution in [-0.4, -0.2) is 13.1 Å². The number of carbonyl (C=O) groups excluding carboxylic acids is 1. The Bertz CT molecular complexity index is 342. The number of hydrogen-bond acceptors (Lipinski definition) is 2. The van der Waals surface area contributed by atoms with Crippen LogP contribution in [0.25, 0.3) is 0 Å². The highest BCUT2D eigenvalue weighted by Gasteiger charge is 2.03. The van der Waals surface area contributed by atoms with Crippen molar-refractivity contribution in [2.45, 2.75) is 6.92 Å². The van der Waals surface area contributed by atoms with Crippen molar-refractivity contribution in [2.24, 2.45) is 0 Å². The van der Waals surface area contributed by atoms with Gasteiger partial charge in [-0.25, -0.2) is 10.3 Å². The van der Waals surface area contributed by atoms with Gasteiger partial charge >= 0.3 is 6.03 Å². The number of hydrogen-bond donors (Lipinski definition) is 2. The summed E-state index contributed by atoms with van der Waals surface area (Å²) in [6, 6.07) is 4.78. The molecule has 0 spiro atoms. The molecule has 1 rings (SSSR count). The highest BCUT2D eigenvalue weighted by molar-refractivity contribution is 6.30. The van der Waals surface area contributed by atoms with E-state index in [1.165, 1.54) is 7.11 Å². The quantitative estimate of drug-likeness (QED) is 0.743. The first-order chi connectivity index (χ1) is 6.63. The lowest BCUT2D eigenvalue weighted by Crippen LogP contribution is -2.27. The lowest BCUT2D eigenvalue weighted by atomic mass is 10.2. The van der Waals surface area contributed by atoms with Crippen LogP contribution in [0.2, 0.25) is 5.02 Å². The van der Waals surface area contributed by atoms with Crippen LogP contribution in [0.3, 0.4) is 0 Å². The Morgan fingerprint density at radius 2 is 2.21 bits per heavy atom. The van der Waals surface area contributed by atoms with Crippen molar-refractivity contribution in [3.8, 4) is 0 Å². The first-order valence-corrected chi connectivity index (χ1v) is 4.37. The van der Waals surface area contributed by atoms with Gasteiger partial charge in [0.05, 0.1) is 7.11 Å². The smallest absolute Gasteiger partial charge is 0.306 e. The van der Waals surface area contributed by atoms with E-state index >= 15 is 0 Å². The molecule has 4 nitrogen and oxygen atoms in total. The molecule has 0 saturated carbocycles. The van der Waals surface area contributed by atoms with Gasteiger partial charge in [-0.05, 0) is 30.7 Å². The maximum absolute atomic E-state index is 11.1. The molecule has 0 fully saturated rings. The number of anilines is 1. The highest BCUT2D eigenvalue weighted by Crippen LogP contribution is 2.19. The van der Waals surface area contributed by atoms with E-state index in [4.69, 9.17) is 11.6 Å². The van der Waals surface area contributed by atoms with Gasteiger partial charge < -0.3 is 5.32 Å². The van der Waals surface area contributed by atoms with Crippen molar-refractivity contribution in [1.82, 2.24) is 5.48 Å². The van der Waals surface area contributed by atoms with Crippen molar-refractivity contribution in [3.05, 3.63) is 28.8 Å². The van der Waals surface area contributed by atoms with Gasteiger partial charge in [0.15, 0.2) is 0 Å². The largest absolute Gasteiger partial charge is 0.343 e. The van der Waals surface area contributed by atoms with E-state index < -0.39 is 6.03 Å². The van der Waals surface area contributed by atoms with Crippen molar-refractivity contribution in [2.75, 3.05) is 12.4 Å². The number of rotatable bonds is 2. The van der Waals surface area contributed by atoms with Crippen LogP contribution in [0, 0.1) is 6.92 Å². The van der Waals surface area contributed by atoms with E-state index in [2.05, 4.69) is 15.6 Å². The summed E-state index contributed by atoms with van der Waals surface area (Å²) in [6.45, 7) is 1.86. The Hall–Kier alpha value is -1.26. The summed E-state index contributed by atoms with van der Waals surface area (Å²) in [7, 11) is 1.37. The zero-order chi connectivity index (χ0) is 10.6. The van der Waals surface area contributed by atoms with Crippen LogP contribution in [0.4, 0.5) is 10.5 Å². The van der Waals surface area contributed by atoms with Crippen LogP contribution in [-0.2, 0) is 4.84 Å². The van der Waals surface area contributed by atoms with Crippen molar-refractivity contribution in [1.29, 1.82) is 0 Å². The van der Waals surface area contributed by atoms with Crippen LogP contribution in [0.15, 0.2) is 18.2 Å². The van der Waals surface area contributed by atoms with Gasteiger partial charge in [-0.1, -0.05) is 11.6 Å². The standard InChI is InChI=1S/C9H11ClN2O2/c1-6-5-7(10)3-4-8(6)11-9(13)12-14-2/h3-5H,1-2H3,(H2,11,12,13). The van der Waals surface area contributed by atoms with Crippen LogP contribution in [0.1, 0.15) is 5.56 Å². The van der Waals surface area contributed by atoms with Crippen molar-refractivity contribution < 1.29 is 9.63 Å². The number of halogens is 1. The number of amides is 2. The molecule has 0 aromatic heterocycles. The van der Waals surface area contributed by atoms with E-state index in [1.54, 1.807) is 18.2 Å². The molecule has 0 aliphatic heterocycles. The fourth-order valence-corrected chi connectivity index (χ4v) is 1.23. The number of urea groups is 1. The average Bonchev–Trinajstić information content (AvgIpc) is 2.10. The van der Waals surface area contributed by atoms with Gasteiger partial charge in [-0.3, -0.25) is 4.84 Å². The normalized spacial score (nSPS) is 9.64. The molecule has 0 saturated heterocycles. The summed E-state index contributed by atoms with van der Waals surface area (Å²) in [5, 5.41) is 3.24. The molecule has 2 N–H and O–H groups in total. The monoisotopic (exact) mass is 214 g/mol. The molecule has 0 unspecified atom stereocenters. The first kappa shape index (κ1) is 10.8. The van der Waals surface area contributed by atoms with E-state index in [0.29, 0.717) is 10.7 Å². The van der Waals surface area contributed by atoms with Crippen LogP contribution >= 0.6 is 11.6 Å². The third-order valence-corrected chi connectivity index (χ3v) is 1.87. The maximum Gasteiger partial charge on any atom is 0.343 e. The molecule has 0 heterocycles. The van der Waals surface area contributed by atoms with Crippen LogP contribution in [0.5, 0.6) is 0 Å². The third kappa shape index (κ3) is 2.90. The number of nitrogens with one attached hydrogen (secondary N) is 2. The molecule has 0 radical (unpaired) electrons. The fourth-order valence-electron chi connectivity index (χ4n) is 1.01. The molecule has 76 valence electrons. The second-order valence-corrected chi connectivity index (χ2v) is 3.16. The molecule has 1 aromatic rings. The van der Waals surface area contributed by atoms with Gasteiger partial charge in [0.2, 0.25) is 0 Å². The van der Waals surface area contributed by atoms with Gasteiger partial charge in [0.25, 0.3) is 0 Å². The number of hydroxylamine groups is 1. The topological polar surface area (TPSA) is 50.4 Å². The number of carbonyl (C=O) groups is 1. The lowest BCUT2D eigenvalue weighted by molar-refractivity contribution is 0.114. The first-order valence-electron chi connectivity index (χ1n) is 3.99. The molecular formula is C9H11ClN2O2. The summed E-state index contributed by atoms with van der Waals surface area (Å²) in [4.78, 5) is 15.5. The summed E-state index contributed by atoms with van der Waals surface area (Å²) in [5.41, 5.74) is 3.74. The molecule has 0 aliphatic carbocycles. The average molecular weight is 215 g/mol. The highest BCUT2D eigenvalue weighted by atomic mass is 35.5. The molecule has 1 aromatic carbocycles. The SMILES string of the molecule is CONC(=O)Nc1ccc(Cl)cc1C. The zero-order valence-electron chi connectivity index (χ0n) is 7.93. The molecule has 5 heteroatoms. The summed E-state index contributed by atoms with van der Waals surface area (Å²) >= 11 is 5.76. The van der Waals surface area contributed by atoms with E-state index in [-0.39, 0.29) is 0 Å². The zero-order valence-corrected chi connectivity index (χ0v) is 8.68. The molecule has 0 bridgehead atoms. The van der Waals surface area contributed by atoms with E-state index in [1.807, 2.05) is 6.92 Å². The predicted molar refractivity (Wildman–Crippen MR) is 55.4 cm³/mol. The third-order valence-electron chi connectivity index (χ3n) is 1.63. The fraction of sp³-hybridized carbons (Fsp3) is 0.222. The lowest BCUT2D eigenvalue weighted by Gasteiger charge is -2.08. The molecule has 2 amide bonds. The van der Waals surface area contributed by atoms with Gasteiger partial charge in [0.1, 0.15) is 0 Å². The second-order valence-electron chi connectivity index (χ2n) is 2.72. The number of aryl methyl sites for hydroxylation is 1. The molecule has 0 atom stereocenters. The van der Waals surface area contributed by atoms with E-state index in [9.17, 15) is 4.79 Å². The Labute approximate surface area is 87.2 Å². The number of benzene rings is 1. The van der Waals surface area contributed by atoms with E-state index in [0.717, 1.165) is 5.56 Å². The summed E-state index contributed by atoms with van der Waals surface area (Å²) < 4.78 is 0. The Balaban J connectivity index is 2.72. The minimum absolute atomic E-state index is 0.419. The summed E-state index contributed by atoms with van der Waals surface area (Å²) in [5.74, 6) is 0. The van der Waals surface area contributed by atoms with Crippen LogP contribution < -0.4 is 10.8 Å². The summed E-state index contributed by atoms with van der Waals surface area (Å²) in [6.07, 6.45) is 0. The van der Waals surface area contributed by atoms with Crippen molar-refractivity contribution >= 4 is 23.3 Å². The van der Waals surface area contributed by atoms with Gasteiger partial charge in [-0.15, -0.1) is 0 Å².